The number of hydrogen-bond donors (Lipinski definition) is 1. The van der Waals surface area contributed by atoms with Crippen molar-refractivity contribution in [2.24, 2.45) is 0 Å². The molecule has 0 unspecified atom stereocenters. The van der Waals surface area contributed by atoms with Crippen molar-refractivity contribution < 1.29 is 14.5 Å². The standard InChI is InChI=1S/C13H17ClN2O4/c1-4-13(2,3)15-12(17)8-20-11-7-9(16(18)19)5-6-10(11)14/h5-7H,4,8H2,1-3H3,(H,15,17). The molecular formula is C13H17ClN2O4. The summed E-state index contributed by atoms with van der Waals surface area (Å²) in [6.07, 6.45) is 0.774. The first-order valence-corrected chi connectivity index (χ1v) is 6.50. The molecule has 0 atom stereocenters. The third-order valence-electron chi connectivity index (χ3n) is 2.85. The van der Waals surface area contributed by atoms with E-state index in [1.54, 1.807) is 0 Å². The maximum Gasteiger partial charge on any atom is 0.273 e. The molecule has 1 rings (SSSR count). The Balaban J connectivity index is 2.68. The van der Waals surface area contributed by atoms with Gasteiger partial charge in [-0.15, -0.1) is 0 Å². The van der Waals surface area contributed by atoms with Gasteiger partial charge in [0.25, 0.3) is 11.6 Å². The first kappa shape index (κ1) is 16.2. The van der Waals surface area contributed by atoms with Crippen LogP contribution in [0.4, 0.5) is 5.69 Å². The minimum absolute atomic E-state index is 0.116. The van der Waals surface area contributed by atoms with Crippen molar-refractivity contribution in [3.63, 3.8) is 0 Å². The number of amides is 1. The lowest BCUT2D eigenvalue weighted by atomic mass is 10.0. The second-order valence-corrected chi connectivity index (χ2v) is 5.35. The number of hydrogen-bond acceptors (Lipinski definition) is 4. The molecule has 6 nitrogen and oxygen atoms in total. The van der Waals surface area contributed by atoms with Crippen LogP contribution >= 0.6 is 11.6 Å². The highest BCUT2D eigenvalue weighted by Crippen LogP contribution is 2.28. The van der Waals surface area contributed by atoms with E-state index in [4.69, 9.17) is 16.3 Å². The fourth-order valence-electron chi connectivity index (χ4n) is 1.36. The van der Waals surface area contributed by atoms with Gasteiger partial charge < -0.3 is 10.1 Å². The van der Waals surface area contributed by atoms with Crippen LogP contribution in [0.5, 0.6) is 5.75 Å². The van der Waals surface area contributed by atoms with Gasteiger partial charge >= 0.3 is 0 Å². The lowest BCUT2D eigenvalue weighted by molar-refractivity contribution is -0.384. The summed E-state index contributed by atoms with van der Waals surface area (Å²) in [4.78, 5) is 21.8. The summed E-state index contributed by atoms with van der Waals surface area (Å²) in [5.74, 6) is -0.190. The van der Waals surface area contributed by atoms with E-state index in [-0.39, 0.29) is 34.5 Å². The minimum Gasteiger partial charge on any atom is -0.482 e. The zero-order valence-corrected chi connectivity index (χ0v) is 12.4. The topological polar surface area (TPSA) is 81.5 Å². The summed E-state index contributed by atoms with van der Waals surface area (Å²) >= 11 is 5.87. The molecule has 0 fully saturated rings. The summed E-state index contributed by atoms with van der Waals surface area (Å²) in [6, 6.07) is 3.83. The lowest BCUT2D eigenvalue weighted by Gasteiger charge is -2.24. The molecule has 1 amide bonds. The Morgan fingerprint density at radius 3 is 2.70 bits per heavy atom. The maximum atomic E-state index is 11.7. The van der Waals surface area contributed by atoms with E-state index in [0.29, 0.717) is 0 Å². The Bertz CT molecular complexity index is 517. The highest BCUT2D eigenvalue weighted by Gasteiger charge is 2.18. The number of carbonyl (C=O) groups is 1. The van der Waals surface area contributed by atoms with Crippen molar-refractivity contribution in [2.45, 2.75) is 32.7 Å². The van der Waals surface area contributed by atoms with Gasteiger partial charge in [-0.2, -0.15) is 0 Å². The van der Waals surface area contributed by atoms with Crippen LogP contribution < -0.4 is 10.1 Å². The third kappa shape index (κ3) is 4.70. The number of nitrogens with zero attached hydrogens (tertiary/aromatic N) is 1. The number of carbonyl (C=O) groups excluding carboxylic acids is 1. The van der Waals surface area contributed by atoms with E-state index in [1.165, 1.54) is 18.2 Å². The normalized spacial score (nSPS) is 11.0. The molecule has 0 aliphatic rings. The minimum atomic E-state index is -0.552. The smallest absolute Gasteiger partial charge is 0.273 e. The van der Waals surface area contributed by atoms with Gasteiger partial charge in [0.1, 0.15) is 5.75 Å². The third-order valence-corrected chi connectivity index (χ3v) is 3.16. The molecule has 0 bridgehead atoms. The molecule has 110 valence electrons. The predicted molar refractivity (Wildman–Crippen MR) is 76.1 cm³/mol. The average Bonchev–Trinajstić information content (AvgIpc) is 2.37. The molecule has 0 aromatic heterocycles. The molecule has 1 N–H and O–H groups in total. The summed E-state index contributed by atoms with van der Waals surface area (Å²) < 4.78 is 5.23. The molecule has 0 spiro atoms. The molecule has 20 heavy (non-hydrogen) atoms. The molecule has 0 heterocycles. The van der Waals surface area contributed by atoms with Crippen molar-refractivity contribution >= 4 is 23.2 Å². The Labute approximate surface area is 122 Å². The highest BCUT2D eigenvalue weighted by molar-refractivity contribution is 6.32. The monoisotopic (exact) mass is 300 g/mol. The summed E-state index contributed by atoms with van der Waals surface area (Å²) in [7, 11) is 0. The highest BCUT2D eigenvalue weighted by atomic mass is 35.5. The number of halogens is 1. The van der Waals surface area contributed by atoms with Crippen LogP contribution in [0, 0.1) is 10.1 Å². The summed E-state index contributed by atoms with van der Waals surface area (Å²) in [5.41, 5.74) is -0.467. The van der Waals surface area contributed by atoms with E-state index >= 15 is 0 Å². The Hall–Kier alpha value is -1.82. The number of non-ortho nitro benzene ring substituents is 1. The van der Waals surface area contributed by atoms with Crippen LogP contribution in [0.3, 0.4) is 0 Å². The van der Waals surface area contributed by atoms with Crippen molar-refractivity contribution in [1.29, 1.82) is 0 Å². The molecular weight excluding hydrogens is 284 g/mol. The Morgan fingerprint density at radius 2 is 2.15 bits per heavy atom. The van der Waals surface area contributed by atoms with Gasteiger partial charge in [-0.3, -0.25) is 14.9 Å². The van der Waals surface area contributed by atoms with E-state index < -0.39 is 4.92 Å². The zero-order chi connectivity index (χ0) is 15.3. The van der Waals surface area contributed by atoms with Crippen LogP contribution in [0.15, 0.2) is 18.2 Å². The van der Waals surface area contributed by atoms with Gasteiger partial charge in [-0.1, -0.05) is 18.5 Å². The number of benzene rings is 1. The van der Waals surface area contributed by atoms with Crippen LogP contribution in [-0.2, 0) is 4.79 Å². The molecule has 1 aromatic rings. The number of nitro groups is 1. The average molecular weight is 301 g/mol. The van der Waals surface area contributed by atoms with Crippen molar-refractivity contribution in [1.82, 2.24) is 5.32 Å². The maximum absolute atomic E-state index is 11.7. The molecule has 0 saturated carbocycles. The van der Waals surface area contributed by atoms with Crippen molar-refractivity contribution in [3.8, 4) is 5.75 Å². The molecule has 0 aliphatic carbocycles. The van der Waals surface area contributed by atoms with Gasteiger partial charge in [-0.25, -0.2) is 0 Å². The van der Waals surface area contributed by atoms with Crippen molar-refractivity contribution in [3.05, 3.63) is 33.3 Å². The number of ether oxygens (including phenoxy) is 1. The second kappa shape index (κ2) is 6.56. The van der Waals surface area contributed by atoms with Gasteiger partial charge in [0, 0.05) is 11.6 Å². The van der Waals surface area contributed by atoms with Gasteiger partial charge in [0.15, 0.2) is 6.61 Å². The predicted octanol–water partition coefficient (Wildman–Crippen LogP) is 2.93. The van der Waals surface area contributed by atoms with Crippen LogP contribution in [0.1, 0.15) is 27.2 Å². The Kier molecular flexibility index (Phi) is 5.33. The number of nitro benzene ring substituents is 1. The SMILES string of the molecule is CCC(C)(C)NC(=O)COc1cc([N+](=O)[O-])ccc1Cl. The van der Waals surface area contributed by atoms with Crippen LogP contribution in [-0.4, -0.2) is 23.0 Å². The number of rotatable bonds is 6. The fourth-order valence-corrected chi connectivity index (χ4v) is 1.53. The molecule has 0 radical (unpaired) electrons. The first-order chi connectivity index (χ1) is 9.25. The van der Waals surface area contributed by atoms with Gasteiger partial charge in [0.05, 0.1) is 16.0 Å². The lowest BCUT2D eigenvalue weighted by Crippen LogP contribution is -2.44. The quantitative estimate of drug-likeness (QED) is 0.647. The molecule has 7 heteroatoms. The van der Waals surface area contributed by atoms with E-state index in [9.17, 15) is 14.9 Å². The summed E-state index contributed by atoms with van der Waals surface area (Å²) in [5, 5.41) is 13.7. The van der Waals surface area contributed by atoms with Crippen LogP contribution in [0.2, 0.25) is 5.02 Å². The van der Waals surface area contributed by atoms with Crippen molar-refractivity contribution in [2.75, 3.05) is 6.61 Å². The molecule has 0 saturated heterocycles. The van der Waals surface area contributed by atoms with Gasteiger partial charge in [-0.05, 0) is 26.3 Å². The van der Waals surface area contributed by atoms with Gasteiger partial charge in [0.2, 0.25) is 0 Å². The summed E-state index contributed by atoms with van der Waals surface area (Å²) in [6.45, 7) is 5.50. The zero-order valence-electron chi connectivity index (χ0n) is 11.6. The van der Waals surface area contributed by atoms with E-state index in [1.807, 2.05) is 20.8 Å². The van der Waals surface area contributed by atoms with E-state index in [0.717, 1.165) is 6.42 Å². The molecule has 0 aliphatic heterocycles. The fraction of sp³-hybridized carbons (Fsp3) is 0.462. The number of nitrogens with one attached hydrogen (secondary N) is 1. The van der Waals surface area contributed by atoms with Crippen LogP contribution in [0.25, 0.3) is 0 Å². The molecule has 1 aromatic carbocycles. The first-order valence-electron chi connectivity index (χ1n) is 6.13. The van der Waals surface area contributed by atoms with E-state index in [2.05, 4.69) is 5.32 Å². The largest absolute Gasteiger partial charge is 0.482 e. The second-order valence-electron chi connectivity index (χ2n) is 4.95. The Morgan fingerprint density at radius 1 is 1.50 bits per heavy atom.